The SMILES string of the molecule is Cc1ncn(-c2ccc3n(c2=O)CCN(CC24CC2(C)Oc2cc(F)c(OC(F)(F)F)cc24)C3=O)n1. The number of carbonyl (C=O) groups excluding carboxylic acids is 1. The van der Waals surface area contributed by atoms with Crippen molar-refractivity contribution in [3.63, 3.8) is 0 Å². The van der Waals surface area contributed by atoms with E-state index in [4.69, 9.17) is 4.74 Å². The molecule has 2 aromatic heterocycles. The Hall–Kier alpha value is -3.90. The molecule has 6 rings (SSSR count). The summed E-state index contributed by atoms with van der Waals surface area (Å²) in [7, 11) is 0. The summed E-state index contributed by atoms with van der Waals surface area (Å²) in [6.45, 7) is 4.01. The smallest absolute Gasteiger partial charge is 0.486 e. The van der Waals surface area contributed by atoms with Crippen molar-refractivity contribution in [3.8, 4) is 17.2 Å². The fourth-order valence-electron chi connectivity index (χ4n) is 5.37. The summed E-state index contributed by atoms with van der Waals surface area (Å²) >= 11 is 0. The summed E-state index contributed by atoms with van der Waals surface area (Å²) in [6.07, 6.45) is -3.20. The van der Waals surface area contributed by atoms with Crippen LogP contribution >= 0.6 is 0 Å². The number of carbonyl (C=O) groups is 1. The number of fused-ring (bicyclic) bond motifs is 4. The molecule has 0 saturated heterocycles. The van der Waals surface area contributed by atoms with Crippen molar-refractivity contribution in [2.45, 2.75) is 44.2 Å². The largest absolute Gasteiger partial charge is 0.573 e. The molecule has 3 aliphatic rings. The lowest BCUT2D eigenvalue weighted by Gasteiger charge is -2.32. The van der Waals surface area contributed by atoms with Gasteiger partial charge in [-0.15, -0.1) is 13.2 Å². The predicted octanol–water partition coefficient (Wildman–Crippen LogP) is 2.72. The minimum Gasteiger partial charge on any atom is -0.486 e. The third kappa shape index (κ3) is 3.21. The summed E-state index contributed by atoms with van der Waals surface area (Å²) in [5.74, 6) is -1.91. The van der Waals surface area contributed by atoms with Crippen molar-refractivity contribution in [1.29, 1.82) is 0 Å². The zero-order valence-electron chi connectivity index (χ0n) is 19.1. The molecule has 0 radical (unpaired) electrons. The van der Waals surface area contributed by atoms with Crippen LogP contribution in [0.4, 0.5) is 17.6 Å². The van der Waals surface area contributed by atoms with Crippen LogP contribution in [0.1, 0.15) is 35.2 Å². The summed E-state index contributed by atoms with van der Waals surface area (Å²) in [6, 6.07) is 4.93. The standard InChI is InChI=1S/C23H19F4N5O4/c1-12-28-11-32(29-12)16-4-3-15-19(33)30(5-6-31(15)20(16)34)10-22-9-21(22,2)35-17-8-14(24)18(7-13(17)22)36-23(25,26)27/h3-4,7-8,11H,5-6,9-10H2,1-2H3. The number of alkyl halides is 3. The highest BCUT2D eigenvalue weighted by Crippen LogP contribution is 2.67. The van der Waals surface area contributed by atoms with E-state index in [1.165, 1.54) is 27.7 Å². The van der Waals surface area contributed by atoms with Crippen LogP contribution in [0.15, 0.2) is 35.4 Å². The molecule has 1 aromatic carbocycles. The maximum absolute atomic E-state index is 14.2. The molecule has 0 spiro atoms. The lowest BCUT2D eigenvalue weighted by atomic mass is 9.92. The number of rotatable bonds is 4. The highest BCUT2D eigenvalue weighted by Gasteiger charge is 2.73. The second-order valence-corrected chi connectivity index (χ2v) is 9.44. The number of nitrogens with zero attached hydrogens (tertiary/aromatic N) is 5. The molecule has 0 N–H and O–H groups in total. The number of hydrogen-bond acceptors (Lipinski definition) is 6. The molecule has 1 aliphatic carbocycles. The van der Waals surface area contributed by atoms with Gasteiger partial charge in [0.2, 0.25) is 0 Å². The number of benzene rings is 1. The third-order valence-corrected chi connectivity index (χ3v) is 7.20. The molecule has 1 fully saturated rings. The van der Waals surface area contributed by atoms with E-state index in [1.807, 2.05) is 0 Å². The Kier molecular flexibility index (Phi) is 4.43. The Labute approximate surface area is 200 Å². The number of halogens is 4. The fraction of sp³-hybridized carbons (Fsp3) is 0.391. The molecular weight excluding hydrogens is 486 g/mol. The molecule has 0 bridgehead atoms. The Morgan fingerprint density at radius 3 is 2.67 bits per heavy atom. The number of amides is 1. The minimum absolute atomic E-state index is 0.129. The van der Waals surface area contributed by atoms with E-state index in [1.54, 1.807) is 18.7 Å². The van der Waals surface area contributed by atoms with Crippen LogP contribution in [0.5, 0.6) is 11.5 Å². The zero-order chi connectivity index (χ0) is 25.6. The maximum atomic E-state index is 14.2. The van der Waals surface area contributed by atoms with Gasteiger partial charge in [-0.3, -0.25) is 9.59 Å². The lowest BCUT2D eigenvalue weighted by Crippen LogP contribution is -2.48. The lowest BCUT2D eigenvalue weighted by molar-refractivity contribution is -0.275. The number of hydrogen-bond donors (Lipinski definition) is 0. The predicted molar refractivity (Wildman–Crippen MR) is 115 cm³/mol. The van der Waals surface area contributed by atoms with Crippen LogP contribution in [-0.2, 0) is 12.0 Å². The molecule has 3 aromatic rings. The Bertz CT molecular complexity index is 1500. The van der Waals surface area contributed by atoms with Crippen LogP contribution in [0.25, 0.3) is 5.69 Å². The van der Waals surface area contributed by atoms with E-state index < -0.39 is 40.4 Å². The summed E-state index contributed by atoms with van der Waals surface area (Å²) in [5, 5.41) is 4.15. The zero-order valence-corrected chi connectivity index (χ0v) is 19.1. The number of aryl methyl sites for hydroxylation is 1. The van der Waals surface area contributed by atoms with Gasteiger partial charge in [-0.1, -0.05) is 0 Å². The monoisotopic (exact) mass is 505 g/mol. The number of aromatic nitrogens is 4. The highest BCUT2D eigenvalue weighted by atomic mass is 19.4. The van der Waals surface area contributed by atoms with E-state index in [0.29, 0.717) is 17.8 Å². The van der Waals surface area contributed by atoms with Crippen molar-refractivity contribution in [3.05, 3.63) is 63.8 Å². The first-order valence-electron chi connectivity index (χ1n) is 11.1. The molecule has 9 nitrogen and oxygen atoms in total. The van der Waals surface area contributed by atoms with Crippen molar-refractivity contribution in [1.82, 2.24) is 24.2 Å². The average molecular weight is 505 g/mol. The van der Waals surface area contributed by atoms with Gasteiger partial charge in [0, 0.05) is 37.7 Å². The molecule has 13 heteroatoms. The Morgan fingerprint density at radius 1 is 1.19 bits per heavy atom. The van der Waals surface area contributed by atoms with E-state index in [0.717, 1.165) is 12.1 Å². The first kappa shape index (κ1) is 22.6. The molecule has 2 atom stereocenters. The highest BCUT2D eigenvalue weighted by molar-refractivity contribution is 5.93. The number of pyridine rings is 1. The summed E-state index contributed by atoms with van der Waals surface area (Å²) in [4.78, 5) is 32.0. The third-order valence-electron chi connectivity index (χ3n) is 7.20. The van der Waals surface area contributed by atoms with Gasteiger partial charge >= 0.3 is 6.36 Å². The van der Waals surface area contributed by atoms with Gasteiger partial charge in [0.05, 0.1) is 5.41 Å². The Balaban J connectivity index is 1.31. The van der Waals surface area contributed by atoms with Crippen LogP contribution in [0.2, 0.25) is 0 Å². The van der Waals surface area contributed by atoms with Crippen molar-refractivity contribution in [2.24, 2.45) is 0 Å². The van der Waals surface area contributed by atoms with Gasteiger partial charge < -0.3 is 18.9 Å². The molecule has 4 heterocycles. The molecule has 2 unspecified atom stereocenters. The number of ether oxygens (including phenoxy) is 2. The van der Waals surface area contributed by atoms with Gasteiger partial charge in [0.1, 0.15) is 34.9 Å². The van der Waals surface area contributed by atoms with E-state index in [9.17, 15) is 27.2 Å². The van der Waals surface area contributed by atoms with Crippen molar-refractivity contribution in [2.75, 3.05) is 13.1 Å². The first-order valence-corrected chi connectivity index (χ1v) is 11.1. The molecular formula is C23H19F4N5O4. The van der Waals surface area contributed by atoms with E-state index >= 15 is 0 Å². The fourth-order valence-corrected chi connectivity index (χ4v) is 5.37. The minimum atomic E-state index is -5.06. The van der Waals surface area contributed by atoms with Crippen LogP contribution in [0.3, 0.4) is 0 Å². The molecule has 36 heavy (non-hydrogen) atoms. The molecule has 1 amide bonds. The van der Waals surface area contributed by atoms with Crippen LogP contribution < -0.4 is 15.0 Å². The normalized spacial score (nSPS) is 24.2. The van der Waals surface area contributed by atoms with Crippen LogP contribution in [-0.4, -0.2) is 55.2 Å². The Morgan fingerprint density at radius 2 is 1.97 bits per heavy atom. The van der Waals surface area contributed by atoms with E-state index in [-0.39, 0.29) is 36.8 Å². The second kappa shape index (κ2) is 7.08. The molecule has 188 valence electrons. The van der Waals surface area contributed by atoms with Crippen molar-refractivity contribution >= 4 is 5.91 Å². The van der Waals surface area contributed by atoms with Gasteiger partial charge in [0.15, 0.2) is 11.6 Å². The molecule has 1 saturated carbocycles. The van der Waals surface area contributed by atoms with E-state index in [2.05, 4.69) is 14.8 Å². The van der Waals surface area contributed by atoms with Gasteiger partial charge in [-0.25, -0.2) is 14.1 Å². The van der Waals surface area contributed by atoms with Gasteiger partial charge in [-0.2, -0.15) is 5.10 Å². The summed E-state index contributed by atoms with van der Waals surface area (Å²) in [5.41, 5.74) is -1.21. The van der Waals surface area contributed by atoms with Crippen LogP contribution in [0, 0.1) is 12.7 Å². The van der Waals surface area contributed by atoms with Gasteiger partial charge in [-0.05, 0) is 32.0 Å². The van der Waals surface area contributed by atoms with Crippen molar-refractivity contribution < 1.29 is 31.8 Å². The topological polar surface area (TPSA) is 91.5 Å². The van der Waals surface area contributed by atoms with Gasteiger partial charge in [0.25, 0.3) is 11.5 Å². The molecule has 2 aliphatic heterocycles. The summed E-state index contributed by atoms with van der Waals surface area (Å²) < 4.78 is 65.0. The second-order valence-electron chi connectivity index (χ2n) is 9.44. The quantitative estimate of drug-likeness (QED) is 0.507. The average Bonchev–Trinajstić information content (AvgIpc) is 3.04. The maximum Gasteiger partial charge on any atom is 0.573 e. The first-order chi connectivity index (χ1) is 16.9.